The summed E-state index contributed by atoms with van der Waals surface area (Å²) in [5.74, 6) is 0.354. The molecule has 1 amide bonds. The summed E-state index contributed by atoms with van der Waals surface area (Å²) in [5.41, 5.74) is 5.80. The van der Waals surface area contributed by atoms with Crippen molar-refractivity contribution in [1.82, 2.24) is 10.4 Å². The van der Waals surface area contributed by atoms with Crippen molar-refractivity contribution in [3.63, 3.8) is 0 Å². The summed E-state index contributed by atoms with van der Waals surface area (Å²) in [6.45, 7) is 2.12. The van der Waals surface area contributed by atoms with Crippen molar-refractivity contribution in [2.24, 2.45) is 5.10 Å². The molecule has 5 aromatic rings. The lowest BCUT2D eigenvalue weighted by Gasteiger charge is -2.15. The van der Waals surface area contributed by atoms with Gasteiger partial charge in [0.2, 0.25) is 5.75 Å². The van der Waals surface area contributed by atoms with Gasteiger partial charge in [-0.25, -0.2) is 10.2 Å². The minimum absolute atomic E-state index is 0.186. The van der Waals surface area contributed by atoms with E-state index in [1.54, 1.807) is 31.2 Å². The zero-order valence-corrected chi connectivity index (χ0v) is 27.6. The molecule has 12 heteroatoms. The highest BCUT2D eigenvalue weighted by Crippen LogP contribution is 2.40. The van der Waals surface area contributed by atoms with Gasteiger partial charge < -0.3 is 28.7 Å². The fraction of sp³-hybridized carbons (Fsp3) is 0.147. The van der Waals surface area contributed by atoms with Crippen LogP contribution in [0.15, 0.2) is 82.4 Å². The number of halogens is 2. The van der Waals surface area contributed by atoms with Crippen molar-refractivity contribution in [2.45, 2.75) is 6.92 Å². The smallest absolute Gasteiger partial charge is 0.343 e. The Balaban J connectivity index is 1.37. The number of hydrogen-bond donors (Lipinski definition) is 2. The Bertz CT molecular complexity index is 1930. The number of aromatic amines is 1. The van der Waals surface area contributed by atoms with Crippen LogP contribution in [0.2, 0.25) is 5.02 Å². The number of carbonyl (C=O) groups is 2. The number of benzene rings is 4. The second-order valence-electron chi connectivity index (χ2n) is 9.69. The number of amides is 1. The molecule has 0 spiro atoms. The molecule has 0 aliphatic heterocycles. The molecule has 4 aromatic carbocycles. The first-order valence-corrected chi connectivity index (χ1v) is 15.1. The van der Waals surface area contributed by atoms with Crippen LogP contribution in [-0.2, 0) is 0 Å². The van der Waals surface area contributed by atoms with Gasteiger partial charge in [0.1, 0.15) is 5.69 Å². The minimum Gasteiger partial charge on any atom is -0.493 e. The normalized spacial score (nSPS) is 11.0. The van der Waals surface area contributed by atoms with Crippen LogP contribution in [0.4, 0.5) is 0 Å². The van der Waals surface area contributed by atoms with Crippen molar-refractivity contribution in [1.29, 1.82) is 0 Å². The number of hydrogen-bond acceptors (Lipinski definition) is 8. The van der Waals surface area contributed by atoms with Gasteiger partial charge in [-0.3, -0.25) is 4.79 Å². The molecule has 0 atom stereocenters. The monoisotopic (exact) mass is 705 g/mol. The third-order valence-corrected chi connectivity index (χ3v) is 7.70. The average molecular weight is 707 g/mol. The molecule has 0 fully saturated rings. The predicted molar refractivity (Wildman–Crippen MR) is 180 cm³/mol. The average Bonchev–Trinajstić information content (AvgIpc) is 3.43. The zero-order valence-electron chi connectivity index (χ0n) is 25.3. The Morgan fingerprint density at radius 3 is 2.33 bits per heavy atom. The van der Waals surface area contributed by atoms with Gasteiger partial charge in [-0.15, -0.1) is 0 Å². The highest BCUT2D eigenvalue weighted by molar-refractivity contribution is 9.10. The molecule has 0 radical (unpaired) electrons. The first-order valence-electron chi connectivity index (χ1n) is 14.0. The Hall–Kier alpha value is -5.00. The molecule has 0 bridgehead atoms. The molecular formula is C34H29BrClN3O7. The minimum atomic E-state index is -0.659. The Labute approximate surface area is 278 Å². The number of rotatable bonds is 11. The number of fused-ring (bicyclic) bond motifs is 1. The van der Waals surface area contributed by atoms with Crippen LogP contribution in [0.1, 0.15) is 33.3 Å². The first-order chi connectivity index (χ1) is 22.3. The van der Waals surface area contributed by atoms with Gasteiger partial charge in [0.25, 0.3) is 5.91 Å². The lowest BCUT2D eigenvalue weighted by molar-refractivity contribution is 0.0727. The molecule has 0 unspecified atom stereocenters. The quantitative estimate of drug-likeness (QED) is 0.0626. The SMILES string of the molecule is CCOc1cc(C=NNC(=O)c2[nH]c3ccc(Br)cc3c2-c2ccccc2Cl)ccc1OC(=O)c1cc(OC)c(OC)c(OC)c1. The molecule has 10 nitrogen and oxygen atoms in total. The van der Waals surface area contributed by atoms with Gasteiger partial charge in [-0.05, 0) is 67.1 Å². The number of ether oxygens (including phenoxy) is 5. The summed E-state index contributed by atoms with van der Waals surface area (Å²) in [6.07, 6.45) is 1.46. The van der Waals surface area contributed by atoms with E-state index >= 15 is 0 Å². The third-order valence-electron chi connectivity index (χ3n) is 6.88. The van der Waals surface area contributed by atoms with E-state index in [-0.39, 0.29) is 11.3 Å². The van der Waals surface area contributed by atoms with Gasteiger partial charge in [0.05, 0.1) is 39.7 Å². The maximum absolute atomic E-state index is 13.4. The summed E-state index contributed by atoms with van der Waals surface area (Å²) >= 11 is 10.0. The van der Waals surface area contributed by atoms with Gasteiger partial charge in [-0.2, -0.15) is 5.10 Å². The summed E-state index contributed by atoms with van der Waals surface area (Å²) in [5, 5.41) is 5.51. The number of esters is 1. The van der Waals surface area contributed by atoms with Gasteiger partial charge in [0, 0.05) is 31.5 Å². The molecule has 0 saturated carbocycles. The first kappa shape index (κ1) is 32.4. The molecule has 236 valence electrons. The summed E-state index contributed by atoms with van der Waals surface area (Å²) < 4.78 is 28.3. The summed E-state index contributed by atoms with van der Waals surface area (Å²) in [4.78, 5) is 29.7. The van der Waals surface area contributed by atoms with Crippen LogP contribution in [-0.4, -0.2) is 51.0 Å². The van der Waals surface area contributed by atoms with Crippen LogP contribution >= 0.6 is 27.5 Å². The van der Waals surface area contributed by atoms with E-state index < -0.39 is 11.9 Å². The number of nitrogens with one attached hydrogen (secondary N) is 2. The Kier molecular flexibility index (Phi) is 10.1. The zero-order chi connectivity index (χ0) is 32.8. The molecule has 0 saturated heterocycles. The Morgan fingerprint density at radius 2 is 1.65 bits per heavy atom. The fourth-order valence-corrected chi connectivity index (χ4v) is 5.41. The fourth-order valence-electron chi connectivity index (χ4n) is 4.81. The summed E-state index contributed by atoms with van der Waals surface area (Å²) in [6, 6.07) is 20.9. The lowest BCUT2D eigenvalue weighted by atomic mass is 10.0. The van der Waals surface area contributed by atoms with Crippen LogP contribution < -0.4 is 29.1 Å². The van der Waals surface area contributed by atoms with E-state index in [9.17, 15) is 9.59 Å². The number of carbonyl (C=O) groups excluding carboxylic acids is 2. The van der Waals surface area contributed by atoms with E-state index in [1.165, 1.54) is 39.7 Å². The second kappa shape index (κ2) is 14.4. The van der Waals surface area contributed by atoms with E-state index in [0.717, 1.165) is 15.4 Å². The van der Waals surface area contributed by atoms with Crippen molar-refractivity contribution >= 4 is 56.5 Å². The standard InChI is InChI=1S/C34H29BrClN3O7/c1-5-45-27-14-19(10-13-26(27)46-34(41)20-15-28(42-2)32(44-4)29(16-20)43-3)18-37-39-33(40)31-30(22-8-6-7-9-24(22)36)23-17-21(35)11-12-25(23)38-31/h6-18,38H,5H2,1-4H3,(H,39,40). The molecule has 5 rings (SSSR count). The molecular weight excluding hydrogens is 678 g/mol. The number of H-pyrrole nitrogens is 1. The van der Waals surface area contributed by atoms with Gasteiger partial charge in [0.15, 0.2) is 23.0 Å². The molecule has 0 aliphatic carbocycles. The second-order valence-corrected chi connectivity index (χ2v) is 11.0. The molecule has 1 aromatic heterocycles. The molecule has 0 aliphatic rings. The maximum atomic E-state index is 13.4. The van der Waals surface area contributed by atoms with Gasteiger partial charge in [-0.1, -0.05) is 45.7 Å². The van der Waals surface area contributed by atoms with Crippen LogP contribution in [0.25, 0.3) is 22.0 Å². The largest absolute Gasteiger partial charge is 0.493 e. The third kappa shape index (κ3) is 6.80. The molecule has 2 N–H and O–H groups in total. The van der Waals surface area contributed by atoms with Crippen LogP contribution in [0.3, 0.4) is 0 Å². The predicted octanol–water partition coefficient (Wildman–Crippen LogP) is 7.66. The van der Waals surface area contributed by atoms with Crippen molar-refractivity contribution in [3.8, 4) is 39.9 Å². The number of aromatic nitrogens is 1. The van der Waals surface area contributed by atoms with E-state index in [2.05, 4.69) is 31.4 Å². The van der Waals surface area contributed by atoms with E-state index in [4.69, 9.17) is 35.3 Å². The summed E-state index contributed by atoms with van der Waals surface area (Å²) in [7, 11) is 4.39. The number of nitrogens with zero attached hydrogens (tertiary/aromatic N) is 1. The van der Waals surface area contributed by atoms with Gasteiger partial charge >= 0.3 is 5.97 Å². The maximum Gasteiger partial charge on any atom is 0.343 e. The topological polar surface area (TPSA) is 120 Å². The van der Waals surface area contributed by atoms with Crippen molar-refractivity contribution < 1.29 is 33.3 Å². The number of methoxy groups -OCH3 is 3. The van der Waals surface area contributed by atoms with Crippen molar-refractivity contribution in [2.75, 3.05) is 27.9 Å². The van der Waals surface area contributed by atoms with E-state index in [1.807, 2.05) is 36.4 Å². The van der Waals surface area contributed by atoms with Crippen LogP contribution in [0, 0.1) is 0 Å². The highest BCUT2D eigenvalue weighted by Gasteiger charge is 2.22. The van der Waals surface area contributed by atoms with E-state index in [0.29, 0.717) is 57.0 Å². The highest BCUT2D eigenvalue weighted by atomic mass is 79.9. The Morgan fingerprint density at radius 1 is 0.913 bits per heavy atom. The lowest BCUT2D eigenvalue weighted by Crippen LogP contribution is -2.19. The van der Waals surface area contributed by atoms with Crippen LogP contribution in [0.5, 0.6) is 28.7 Å². The molecule has 46 heavy (non-hydrogen) atoms. The van der Waals surface area contributed by atoms with Crippen molar-refractivity contribution in [3.05, 3.63) is 99.1 Å². The molecule has 1 heterocycles. The number of hydrazone groups is 1.